The predicted molar refractivity (Wildman–Crippen MR) is 49.5 cm³/mol. The highest BCUT2D eigenvalue weighted by Crippen LogP contribution is 2.28. The van der Waals surface area contributed by atoms with Gasteiger partial charge < -0.3 is 30.9 Å². The Hall–Kier alpha value is -0.370. The molecule has 1 rings (SSSR count). The van der Waals surface area contributed by atoms with Crippen molar-refractivity contribution in [2.45, 2.75) is 30.3 Å². The molecule has 1 fully saturated rings. The molecule has 0 saturated carbocycles. The third-order valence-corrected chi connectivity index (χ3v) is 2.69. The third-order valence-electron chi connectivity index (χ3n) is 2.24. The molecule has 11 heteroatoms. The van der Waals surface area contributed by atoms with Crippen LogP contribution in [0.5, 0.6) is 0 Å². The Kier molecular flexibility index (Phi) is 4.08. The van der Waals surface area contributed by atoms with Gasteiger partial charge in [0.05, 0.1) is 6.61 Å². The van der Waals surface area contributed by atoms with Gasteiger partial charge in [-0.05, 0) is 0 Å². The van der Waals surface area contributed by atoms with E-state index in [4.69, 9.17) is 15.4 Å². The summed E-state index contributed by atoms with van der Waals surface area (Å²) < 4.78 is 37.6. The van der Waals surface area contributed by atoms with E-state index in [0.717, 1.165) is 0 Å². The first-order chi connectivity index (χ1) is 7.60. The van der Waals surface area contributed by atoms with Gasteiger partial charge in [0.15, 0.2) is 0 Å². The minimum Gasteiger partial charge on any atom is -0.394 e. The van der Waals surface area contributed by atoms with Crippen molar-refractivity contribution in [3.05, 3.63) is 0 Å². The van der Waals surface area contributed by atoms with Crippen molar-refractivity contribution < 1.29 is 42.3 Å². The first kappa shape index (κ1) is 14.7. The Morgan fingerprint density at radius 3 is 2.29 bits per heavy atom. The Morgan fingerprint density at radius 1 is 1.35 bits per heavy atom. The van der Waals surface area contributed by atoms with Crippen LogP contribution in [0.4, 0.5) is 0 Å². The summed E-state index contributed by atoms with van der Waals surface area (Å²) in [5.74, 6) is -3.08. The summed E-state index contributed by atoms with van der Waals surface area (Å²) in [7, 11) is -5.12. The summed E-state index contributed by atoms with van der Waals surface area (Å²) in [5, 5.41) is 37.1. The number of ether oxygens (including phenoxy) is 1. The first-order valence-electron chi connectivity index (χ1n) is 4.41. The van der Waals surface area contributed by atoms with Crippen molar-refractivity contribution in [1.82, 2.24) is 0 Å². The van der Waals surface area contributed by atoms with Crippen molar-refractivity contribution in [3.8, 4) is 0 Å². The first-order valence-corrected chi connectivity index (χ1v) is 5.78. The van der Waals surface area contributed by atoms with E-state index in [1.54, 1.807) is 0 Å². The maximum absolute atomic E-state index is 10.5. The van der Waals surface area contributed by atoms with Gasteiger partial charge in [-0.1, -0.05) is 0 Å². The van der Waals surface area contributed by atoms with E-state index in [-0.39, 0.29) is 0 Å². The monoisotopic (exact) mass is 275 g/mol. The molecule has 1 saturated heterocycles. The summed E-state index contributed by atoms with van der Waals surface area (Å²) in [4.78, 5) is 0. The molecule has 0 aromatic carbocycles. The standard InChI is InChI=1S/C6H13NO9S/c7-5-4(10)3(9)2(1-8)15-6(5,11)16-17(12,13)14/h2-5,8-11H,1,7H2,(H,12,13,14)/t2-,3-,4+,5-,6-/m1/s1. The van der Waals surface area contributed by atoms with E-state index in [2.05, 4.69) is 8.92 Å². The number of nitrogens with two attached hydrogens (primary N) is 1. The Balaban J connectivity index is 2.99. The molecule has 0 radical (unpaired) electrons. The van der Waals surface area contributed by atoms with Crippen LogP contribution in [0.15, 0.2) is 0 Å². The quantitative estimate of drug-likeness (QED) is 0.219. The molecule has 0 aromatic heterocycles. The number of hydrogen-bond donors (Lipinski definition) is 6. The summed E-state index contributed by atoms with van der Waals surface area (Å²) >= 11 is 0. The van der Waals surface area contributed by atoms with Crippen LogP contribution in [0.2, 0.25) is 0 Å². The van der Waals surface area contributed by atoms with Gasteiger partial charge in [-0.2, -0.15) is 12.6 Å². The van der Waals surface area contributed by atoms with Crippen LogP contribution < -0.4 is 5.73 Å². The predicted octanol–water partition coefficient (Wildman–Crippen LogP) is -4.11. The van der Waals surface area contributed by atoms with Crippen molar-refractivity contribution in [2.24, 2.45) is 5.73 Å². The van der Waals surface area contributed by atoms with Crippen LogP contribution in [0.1, 0.15) is 0 Å². The molecule has 1 heterocycles. The average Bonchev–Trinajstić information content (AvgIpc) is 2.18. The topological polar surface area (TPSA) is 180 Å². The molecule has 1 aliphatic rings. The van der Waals surface area contributed by atoms with Crippen LogP contribution in [-0.4, -0.2) is 70.3 Å². The zero-order valence-electron chi connectivity index (χ0n) is 8.37. The van der Waals surface area contributed by atoms with Crippen LogP contribution in [0, 0.1) is 0 Å². The smallest absolute Gasteiger partial charge is 0.394 e. The molecular formula is C6H13NO9S. The van der Waals surface area contributed by atoms with E-state index in [1.807, 2.05) is 0 Å². The van der Waals surface area contributed by atoms with Crippen molar-refractivity contribution in [2.75, 3.05) is 6.61 Å². The van der Waals surface area contributed by atoms with E-state index in [9.17, 15) is 23.7 Å². The summed E-state index contributed by atoms with van der Waals surface area (Å²) in [5.41, 5.74) is 5.20. The zero-order chi connectivity index (χ0) is 13.4. The molecule has 0 bridgehead atoms. The summed E-state index contributed by atoms with van der Waals surface area (Å²) in [6, 6.07) is -1.87. The van der Waals surface area contributed by atoms with Gasteiger partial charge in [-0.15, -0.1) is 0 Å². The highest BCUT2D eigenvalue weighted by Gasteiger charge is 2.55. The zero-order valence-corrected chi connectivity index (χ0v) is 9.19. The van der Waals surface area contributed by atoms with Gasteiger partial charge in [-0.3, -0.25) is 4.55 Å². The number of hydrogen-bond acceptors (Lipinski definition) is 9. The normalized spacial score (nSPS) is 43.6. The van der Waals surface area contributed by atoms with E-state index >= 15 is 0 Å². The molecule has 17 heavy (non-hydrogen) atoms. The van der Waals surface area contributed by atoms with Gasteiger partial charge in [-0.25, -0.2) is 0 Å². The molecule has 5 atom stereocenters. The maximum atomic E-state index is 10.5. The van der Waals surface area contributed by atoms with Crippen LogP contribution >= 0.6 is 0 Å². The molecule has 1 aliphatic heterocycles. The summed E-state index contributed by atoms with van der Waals surface area (Å²) in [6.07, 6.45) is -5.01. The fourth-order valence-corrected chi connectivity index (χ4v) is 1.84. The largest absolute Gasteiger partial charge is 0.402 e. The van der Waals surface area contributed by atoms with Crippen LogP contribution in [-0.2, 0) is 19.3 Å². The lowest BCUT2D eigenvalue weighted by Crippen LogP contribution is -2.69. The number of aliphatic hydroxyl groups is 4. The minimum absolute atomic E-state index is 0.845. The molecule has 0 aromatic rings. The molecule has 10 nitrogen and oxygen atoms in total. The molecule has 7 N–H and O–H groups in total. The van der Waals surface area contributed by atoms with E-state index < -0.39 is 47.3 Å². The minimum atomic E-state index is -5.12. The van der Waals surface area contributed by atoms with E-state index in [1.165, 1.54) is 0 Å². The average molecular weight is 275 g/mol. The van der Waals surface area contributed by atoms with Crippen LogP contribution in [0.3, 0.4) is 0 Å². The second-order valence-electron chi connectivity index (χ2n) is 3.49. The Bertz CT molecular complexity index is 370. The SMILES string of the molecule is N[C@@H]1[C@@H](O)[C@H](O)[C@@H](CO)O[C@@]1(O)OS(=O)(=O)O. The Labute approximate surface area is 96.1 Å². The number of rotatable bonds is 3. The lowest BCUT2D eigenvalue weighted by Gasteiger charge is -2.43. The van der Waals surface area contributed by atoms with E-state index in [0.29, 0.717) is 0 Å². The van der Waals surface area contributed by atoms with Gasteiger partial charge in [0.25, 0.3) is 0 Å². The van der Waals surface area contributed by atoms with Crippen molar-refractivity contribution in [3.63, 3.8) is 0 Å². The molecular weight excluding hydrogens is 262 g/mol. The molecule has 0 unspecified atom stereocenters. The molecule has 0 spiro atoms. The summed E-state index contributed by atoms with van der Waals surface area (Å²) in [6.45, 7) is -0.845. The van der Waals surface area contributed by atoms with Gasteiger partial charge in [0.2, 0.25) is 0 Å². The van der Waals surface area contributed by atoms with Crippen LogP contribution in [0.25, 0.3) is 0 Å². The second kappa shape index (κ2) is 4.72. The van der Waals surface area contributed by atoms with Gasteiger partial charge in [0, 0.05) is 0 Å². The fraction of sp³-hybridized carbons (Fsp3) is 1.00. The lowest BCUT2D eigenvalue weighted by atomic mass is 9.96. The van der Waals surface area contributed by atoms with Crippen molar-refractivity contribution in [1.29, 1.82) is 0 Å². The highest BCUT2D eigenvalue weighted by molar-refractivity contribution is 7.80. The maximum Gasteiger partial charge on any atom is 0.402 e. The van der Waals surface area contributed by atoms with Crippen molar-refractivity contribution >= 4 is 10.4 Å². The second-order valence-corrected chi connectivity index (χ2v) is 4.51. The molecule has 0 aliphatic carbocycles. The Morgan fingerprint density at radius 2 is 1.88 bits per heavy atom. The molecule has 102 valence electrons. The lowest BCUT2D eigenvalue weighted by molar-refractivity contribution is -0.393. The highest BCUT2D eigenvalue weighted by atomic mass is 32.3. The van der Waals surface area contributed by atoms with Gasteiger partial charge in [0.1, 0.15) is 24.4 Å². The number of aliphatic hydroxyl groups excluding tert-OH is 3. The molecule has 0 amide bonds. The third kappa shape index (κ3) is 3.09. The van der Waals surface area contributed by atoms with Gasteiger partial charge >= 0.3 is 16.4 Å². The fourth-order valence-electron chi connectivity index (χ4n) is 1.38.